The van der Waals surface area contributed by atoms with Crippen molar-refractivity contribution in [3.63, 3.8) is 0 Å². The van der Waals surface area contributed by atoms with Gasteiger partial charge < -0.3 is 15.4 Å². The fourth-order valence-electron chi connectivity index (χ4n) is 3.67. The molecular formula is C16H31ClN2O2. The van der Waals surface area contributed by atoms with Crippen LogP contribution in [0.3, 0.4) is 0 Å². The Morgan fingerprint density at radius 2 is 1.86 bits per heavy atom. The van der Waals surface area contributed by atoms with Crippen LogP contribution >= 0.6 is 12.4 Å². The largest absolute Gasteiger partial charge is 0.384 e. The number of nitrogens with one attached hydrogen (secondary N) is 2. The smallest absolute Gasteiger partial charge is 0.228 e. The van der Waals surface area contributed by atoms with Gasteiger partial charge in [0.2, 0.25) is 5.91 Å². The summed E-state index contributed by atoms with van der Waals surface area (Å²) in [4.78, 5) is 12.7. The summed E-state index contributed by atoms with van der Waals surface area (Å²) >= 11 is 0. The van der Waals surface area contributed by atoms with Crippen LogP contribution in [0.4, 0.5) is 0 Å². The molecule has 0 aromatic rings. The Balaban J connectivity index is 0.00000220. The highest BCUT2D eigenvalue weighted by Gasteiger charge is 2.40. The molecule has 2 aliphatic rings. The highest BCUT2D eigenvalue weighted by molar-refractivity contribution is 5.85. The zero-order valence-corrected chi connectivity index (χ0v) is 14.3. The second-order valence-electron chi connectivity index (χ2n) is 6.56. The van der Waals surface area contributed by atoms with E-state index in [2.05, 4.69) is 17.6 Å². The van der Waals surface area contributed by atoms with Crippen LogP contribution in [0.2, 0.25) is 0 Å². The van der Waals surface area contributed by atoms with Gasteiger partial charge in [0, 0.05) is 13.2 Å². The summed E-state index contributed by atoms with van der Waals surface area (Å²) in [5.74, 6) is 1.09. The molecule has 2 N–H and O–H groups in total. The quantitative estimate of drug-likeness (QED) is 0.819. The van der Waals surface area contributed by atoms with Crippen molar-refractivity contribution in [1.82, 2.24) is 10.6 Å². The van der Waals surface area contributed by atoms with Crippen LogP contribution in [0.25, 0.3) is 0 Å². The molecular weight excluding hydrogens is 288 g/mol. The van der Waals surface area contributed by atoms with E-state index in [1.807, 2.05) is 0 Å². The van der Waals surface area contributed by atoms with Gasteiger partial charge in [0.25, 0.3) is 0 Å². The first-order valence-corrected chi connectivity index (χ1v) is 8.21. The normalized spacial score (nSPS) is 28.5. The maximum absolute atomic E-state index is 12.7. The van der Waals surface area contributed by atoms with Crippen LogP contribution in [0.15, 0.2) is 0 Å². The van der Waals surface area contributed by atoms with Gasteiger partial charge in [-0.1, -0.05) is 13.3 Å². The Hall–Kier alpha value is -0.320. The molecule has 0 aromatic carbocycles. The average molecular weight is 319 g/mol. The molecule has 4 nitrogen and oxygen atoms in total. The fourth-order valence-corrected chi connectivity index (χ4v) is 3.67. The second-order valence-corrected chi connectivity index (χ2v) is 6.56. The van der Waals surface area contributed by atoms with E-state index < -0.39 is 0 Å². The number of halogens is 1. The maximum atomic E-state index is 12.7. The fraction of sp³-hybridized carbons (Fsp3) is 0.938. The molecule has 0 unspecified atom stereocenters. The minimum atomic E-state index is -0.304. The second kappa shape index (κ2) is 8.96. The number of carbonyl (C=O) groups is 1. The Labute approximate surface area is 135 Å². The predicted octanol–water partition coefficient (Wildman–Crippen LogP) is 2.51. The first-order chi connectivity index (χ1) is 9.70. The Morgan fingerprint density at radius 3 is 2.38 bits per heavy atom. The maximum Gasteiger partial charge on any atom is 0.228 e. The highest BCUT2D eigenvalue weighted by Crippen LogP contribution is 2.31. The number of carbonyl (C=O) groups excluding carboxylic acids is 1. The van der Waals surface area contributed by atoms with Gasteiger partial charge in [0.05, 0.1) is 12.0 Å². The van der Waals surface area contributed by atoms with E-state index in [9.17, 15) is 4.79 Å². The first kappa shape index (κ1) is 18.7. The van der Waals surface area contributed by atoms with E-state index in [1.165, 1.54) is 19.3 Å². The third-order valence-corrected chi connectivity index (χ3v) is 5.22. The number of hydrogen-bond acceptors (Lipinski definition) is 3. The van der Waals surface area contributed by atoms with Gasteiger partial charge in [0.1, 0.15) is 0 Å². The summed E-state index contributed by atoms with van der Waals surface area (Å²) in [5.41, 5.74) is -0.304. The number of amides is 1. The number of hydrogen-bond donors (Lipinski definition) is 2. The van der Waals surface area contributed by atoms with Gasteiger partial charge in [-0.3, -0.25) is 4.79 Å². The molecule has 1 saturated heterocycles. The molecule has 2 rings (SSSR count). The minimum absolute atomic E-state index is 0. The zero-order valence-electron chi connectivity index (χ0n) is 13.5. The predicted molar refractivity (Wildman–Crippen MR) is 87.8 cm³/mol. The van der Waals surface area contributed by atoms with E-state index in [4.69, 9.17) is 4.74 Å². The summed E-state index contributed by atoms with van der Waals surface area (Å²) in [7, 11) is 1.70. The van der Waals surface area contributed by atoms with Gasteiger partial charge in [0.15, 0.2) is 0 Å². The molecule has 0 atom stereocenters. The molecule has 21 heavy (non-hydrogen) atoms. The lowest BCUT2D eigenvalue weighted by Crippen LogP contribution is -2.52. The van der Waals surface area contributed by atoms with Crippen molar-refractivity contribution >= 4 is 18.3 Å². The molecule has 1 aliphatic heterocycles. The van der Waals surface area contributed by atoms with Gasteiger partial charge in [-0.15, -0.1) is 12.4 Å². The summed E-state index contributed by atoms with van der Waals surface area (Å²) in [5, 5.41) is 6.65. The van der Waals surface area contributed by atoms with E-state index in [-0.39, 0.29) is 23.7 Å². The van der Waals surface area contributed by atoms with Gasteiger partial charge in [-0.05, 0) is 57.5 Å². The molecule has 1 saturated carbocycles. The Morgan fingerprint density at radius 1 is 1.24 bits per heavy atom. The highest BCUT2D eigenvalue weighted by atomic mass is 35.5. The molecule has 1 amide bonds. The van der Waals surface area contributed by atoms with Crippen LogP contribution < -0.4 is 10.6 Å². The molecule has 124 valence electrons. The van der Waals surface area contributed by atoms with Crippen molar-refractivity contribution in [2.24, 2.45) is 11.3 Å². The summed E-state index contributed by atoms with van der Waals surface area (Å²) in [6.45, 7) is 4.65. The van der Waals surface area contributed by atoms with Gasteiger partial charge >= 0.3 is 0 Å². The number of piperidine rings is 1. The van der Waals surface area contributed by atoms with E-state index in [1.54, 1.807) is 7.11 Å². The Bertz CT molecular complexity index is 306. The van der Waals surface area contributed by atoms with Crippen LogP contribution in [0.5, 0.6) is 0 Å². The third kappa shape index (κ3) is 4.83. The van der Waals surface area contributed by atoms with Crippen LogP contribution in [0.1, 0.15) is 51.9 Å². The average Bonchev–Trinajstić information content (AvgIpc) is 2.49. The summed E-state index contributed by atoms with van der Waals surface area (Å²) in [6.07, 6.45) is 7.87. The molecule has 2 fully saturated rings. The van der Waals surface area contributed by atoms with Crippen molar-refractivity contribution in [3.8, 4) is 0 Å². The molecule has 0 aromatic heterocycles. The van der Waals surface area contributed by atoms with Crippen molar-refractivity contribution in [1.29, 1.82) is 0 Å². The Kier molecular flexibility index (Phi) is 7.99. The first-order valence-electron chi connectivity index (χ1n) is 8.21. The molecule has 0 radical (unpaired) electrons. The topological polar surface area (TPSA) is 50.4 Å². The summed E-state index contributed by atoms with van der Waals surface area (Å²) < 4.78 is 5.34. The van der Waals surface area contributed by atoms with Crippen LogP contribution in [-0.4, -0.2) is 38.8 Å². The number of methoxy groups -OCH3 is 1. The number of rotatable bonds is 5. The monoisotopic (exact) mass is 318 g/mol. The number of ether oxygens (including phenoxy) is 1. The lowest BCUT2D eigenvalue weighted by molar-refractivity contribution is -0.137. The van der Waals surface area contributed by atoms with Crippen LogP contribution in [-0.2, 0) is 9.53 Å². The molecule has 0 spiro atoms. The lowest BCUT2D eigenvalue weighted by Gasteiger charge is -2.38. The molecule has 1 heterocycles. The molecule has 5 heteroatoms. The zero-order chi connectivity index (χ0) is 14.4. The molecule has 0 bridgehead atoms. The van der Waals surface area contributed by atoms with Crippen molar-refractivity contribution in [2.45, 2.75) is 57.9 Å². The third-order valence-electron chi connectivity index (χ3n) is 5.22. The summed E-state index contributed by atoms with van der Waals surface area (Å²) in [6, 6.07) is 0.383. The minimum Gasteiger partial charge on any atom is -0.384 e. The standard InChI is InChI=1S/C16H30N2O2.ClH/c1-3-13-4-6-14(7-5-13)18-15(19)16(12-20-2)8-10-17-11-9-16;/h13-14,17H,3-12H2,1-2H3,(H,18,19);1H. The van der Waals surface area contributed by atoms with Crippen molar-refractivity contribution in [3.05, 3.63) is 0 Å². The van der Waals surface area contributed by atoms with Crippen LogP contribution in [0, 0.1) is 11.3 Å². The van der Waals surface area contributed by atoms with Gasteiger partial charge in [-0.2, -0.15) is 0 Å². The SMILES string of the molecule is CCC1CCC(NC(=O)C2(COC)CCNCC2)CC1.Cl. The van der Waals surface area contributed by atoms with Crippen molar-refractivity contribution < 1.29 is 9.53 Å². The van der Waals surface area contributed by atoms with E-state index in [0.29, 0.717) is 12.6 Å². The van der Waals surface area contributed by atoms with Gasteiger partial charge in [-0.25, -0.2) is 0 Å². The lowest BCUT2D eigenvalue weighted by atomic mass is 9.77. The molecule has 1 aliphatic carbocycles. The van der Waals surface area contributed by atoms with E-state index >= 15 is 0 Å². The van der Waals surface area contributed by atoms with Crippen molar-refractivity contribution in [2.75, 3.05) is 26.8 Å². The van der Waals surface area contributed by atoms with E-state index in [0.717, 1.165) is 44.7 Å².